The number of hydrogen-bond donors (Lipinski definition) is 1. The zero-order chi connectivity index (χ0) is 20.8. The number of fused-ring (bicyclic) bond motifs is 1. The fourth-order valence-corrected chi connectivity index (χ4v) is 3.07. The van der Waals surface area contributed by atoms with Crippen molar-refractivity contribution in [3.63, 3.8) is 0 Å². The van der Waals surface area contributed by atoms with E-state index in [1.807, 2.05) is 67.9 Å². The van der Waals surface area contributed by atoms with E-state index >= 15 is 0 Å². The van der Waals surface area contributed by atoms with Crippen molar-refractivity contribution in [2.45, 2.75) is 26.4 Å². The first-order valence-electron chi connectivity index (χ1n) is 9.68. The molecule has 0 atom stereocenters. The first-order chi connectivity index (χ1) is 14.0. The molecule has 6 heteroatoms. The smallest absolute Gasteiger partial charge is 0.244 e. The fourth-order valence-electron chi connectivity index (χ4n) is 3.07. The third kappa shape index (κ3) is 5.38. The van der Waals surface area contributed by atoms with Crippen molar-refractivity contribution in [3.05, 3.63) is 59.9 Å². The molecule has 6 nitrogen and oxygen atoms in total. The highest BCUT2D eigenvalue weighted by molar-refractivity contribution is 5.91. The second kappa shape index (κ2) is 9.28. The van der Waals surface area contributed by atoms with Gasteiger partial charge in [0.1, 0.15) is 17.3 Å². The Morgan fingerprint density at radius 1 is 1.21 bits per heavy atom. The van der Waals surface area contributed by atoms with Crippen LogP contribution in [0.15, 0.2) is 48.5 Å². The van der Waals surface area contributed by atoms with Crippen molar-refractivity contribution < 1.29 is 14.3 Å². The van der Waals surface area contributed by atoms with E-state index in [2.05, 4.69) is 10.3 Å². The number of rotatable bonds is 8. The highest BCUT2D eigenvalue weighted by Gasteiger charge is 2.09. The minimum absolute atomic E-state index is 0.112. The number of carbonyl (C=O) groups excluding carboxylic acids is 1. The molecule has 1 heterocycles. The monoisotopic (exact) mass is 393 g/mol. The van der Waals surface area contributed by atoms with E-state index in [0.717, 1.165) is 33.9 Å². The van der Waals surface area contributed by atoms with Gasteiger partial charge in [-0.1, -0.05) is 12.1 Å². The molecule has 0 fully saturated rings. The van der Waals surface area contributed by atoms with Crippen molar-refractivity contribution in [2.24, 2.45) is 7.05 Å². The van der Waals surface area contributed by atoms with E-state index in [1.165, 1.54) is 6.08 Å². The van der Waals surface area contributed by atoms with Gasteiger partial charge in [-0.2, -0.15) is 0 Å². The first-order valence-corrected chi connectivity index (χ1v) is 9.68. The average molecular weight is 393 g/mol. The van der Waals surface area contributed by atoms with E-state index in [1.54, 1.807) is 13.2 Å². The van der Waals surface area contributed by atoms with Crippen LogP contribution in [0.2, 0.25) is 0 Å². The molecule has 0 aliphatic rings. The predicted octanol–water partition coefficient (Wildman–Crippen LogP) is 3.74. The van der Waals surface area contributed by atoms with Crippen LogP contribution < -0.4 is 14.8 Å². The lowest BCUT2D eigenvalue weighted by molar-refractivity contribution is -0.116. The highest BCUT2D eigenvalue weighted by atomic mass is 16.5. The van der Waals surface area contributed by atoms with Crippen molar-refractivity contribution in [1.29, 1.82) is 0 Å². The molecule has 0 radical (unpaired) electrons. The SMILES string of the molecule is COc1ccc2c(c1)nc(CCNC(=O)/C=C/c1cccc(OC(C)C)c1)n2C. The maximum atomic E-state index is 12.1. The summed E-state index contributed by atoms with van der Waals surface area (Å²) >= 11 is 0. The lowest BCUT2D eigenvalue weighted by Gasteiger charge is -2.09. The number of hydrogen-bond acceptors (Lipinski definition) is 4. The molecule has 0 saturated heterocycles. The van der Waals surface area contributed by atoms with Gasteiger partial charge in [-0.15, -0.1) is 0 Å². The standard InChI is InChI=1S/C23H27N3O3/c1-16(2)29-19-7-5-6-17(14-19)8-11-23(27)24-13-12-22-25-20-15-18(28-4)9-10-21(20)26(22)3/h5-11,14-16H,12-13H2,1-4H3,(H,24,27)/b11-8+. The molecule has 3 aromatic rings. The topological polar surface area (TPSA) is 65.4 Å². The van der Waals surface area contributed by atoms with Crippen molar-refractivity contribution in [3.8, 4) is 11.5 Å². The van der Waals surface area contributed by atoms with Gasteiger partial charge in [0, 0.05) is 32.2 Å². The number of aromatic nitrogens is 2. The molecule has 29 heavy (non-hydrogen) atoms. The number of imidazole rings is 1. The first kappa shape index (κ1) is 20.5. The summed E-state index contributed by atoms with van der Waals surface area (Å²) < 4.78 is 13.0. The molecule has 1 N–H and O–H groups in total. The number of carbonyl (C=O) groups is 1. The van der Waals surface area contributed by atoms with E-state index in [4.69, 9.17) is 9.47 Å². The molecule has 1 aromatic heterocycles. The molecule has 3 rings (SSSR count). The molecule has 1 amide bonds. The van der Waals surface area contributed by atoms with Gasteiger partial charge in [-0.25, -0.2) is 4.98 Å². The molecule has 0 aliphatic heterocycles. The quantitative estimate of drug-likeness (QED) is 0.592. The Morgan fingerprint density at radius 2 is 2.03 bits per heavy atom. The fraction of sp³-hybridized carbons (Fsp3) is 0.304. The van der Waals surface area contributed by atoms with Gasteiger partial charge in [0.2, 0.25) is 5.91 Å². The largest absolute Gasteiger partial charge is 0.497 e. The Labute approximate surface area is 171 Å². The van der Waals surface area contributed by atoms with Crippen molar-refractivity contribution >= 4 is 23.0 Å². The summed E-state index contributed by atoms with van der Waals surface area (Å²) in [6.45, 7) is 4.47. The number of nitrogens with one attached hydrogen (secondary N) is 1. The third-order valence-corrected chi connectivity index (χ3v) is 4.49. The van der Waals surface area contributed by atoms with Gasteiger partial charge in [-0.3, -0.25) is 4.79 Å². The van der Waals surface area contributed by atoms with Crippen molar-refractivity contribution in [1.82, 2.24) is 14.9 Å². The zero-order valence-corrected chi connectivity index (χ0v) is 17.3. The minimum Gasteiger partial charge on any atom is -0.497 e. The van der Waals surface area contributed by atoms with Gasteiger partial charge in [0.25, 0.3) is 0 Å². The second-order valence-electron chi connectivity index (χ2n) is 7.06. The van der Waals surface area contributed by atoms with Crippen LogP contribution in [-0.2, 0) is 18.3 Å². The average Bonchev–Trinajstić information content (AvgIpc) is 3.01. The Bertz CT molecular complexity index is 1020. The number of amides is 1. The Hall–Kier alpha value is -3.28. The number of aryl methyl sites for hydroxylation is 1. The predicted molar refractivity (Wildman–Crippen MR) is 115 cm³/mol. The van der Waals surface area contributed by atoms with Crippen LogP contribution in [0.25, 0.3) is 17.1 Å². The molecular formula is C23H27N3O3. The number of ether oxygens (including phenoxy) is 2. The Balaban J connectivity index is 1.55. The van der Waals surface area contributed by atoms with E-state index in [0.29, 0.717) is 13.0 Å². The maximum Gasteiger partial charge on any atom is 0.244 e. The summed E-state index contributed by atoms with van der Waals surface area (Å²) in [6.07, 6.45) is 4.07. The molecule has 2 aromatic carbocycles. The molecule has 152 valence electrons. The number of methoxy groups -OCH3 is 1. The molecular weight excluding hydrogens is 366 g/mol. The van der Waals surface area contributed by atoms with Crippen LogP contribution in [0.1, 0.15) is 25.2 Å². The molecule has 0 bridgehead atoms. The Kier molecular flexibility index (Phi) is 6.54. The summed E-state index contributed by atoms with van der Waals surface area (Å²) in [5.41, 5.74) is 2.84. The molecule has 0 unspecified atom stereocenters. The van der Waals surface area contributed by atoms with Crippen LogP contribution in [0.5, 0.6) is 11.5 Å². The molecule has 0 spiro atoms. The van der Waals surface area contributed by atoms with E-state index in [9.17, 15) is 4.79 Å². The highest BCUT2D eigenvalue weighted by Crippen LogP contribution is 2.21. The van der Waals surface area contributed by atoms with Crippen LogP contribution in [0.3, 0.4) is 0 Å². The summed E-state index contributed by atoms with van der Waals surface area (Å²) in [5.74, 6) is 2.35. The van der Waals surface area contributed by atoms with Gasteiger partial charge >= 0.3 is 0 Å². The van der Waals surface area contributed by atoms with Crippen LogP contribution >= 0.6 is 0 Å². The minimum atomic E-state index is -0.138. The van der Waals surface area contributed by atoms with Gasteiger partial charge in [0.05, 0.1) is 24.2 Å². The number of benzene rings is 2. The normalized spacial score (nSPS) is 11.3. The van der Waals surface area contributed by atoms with Gasteiger partial charge in [0.15, 0.2) is 0 Å². The molecule has 0 saturated carbocycles. The molecule has 0 aliphatic carbocycles. The van der Waals surface area contributed by atoms with Crippen LogP contribution in [0.4, 0.5) is 0 Å². The summed E-state index contributed by atoms with van der Waals surface area (Å²) in [4.78, 5) is 16.8. The van der Waals surface area contributed by atoms with Crippen molar-refractivity contribution in [2.75, 3.05) is 13.7 Å². The van der Waals surface area contributed by atoms with E-state index in [-0.39, 0.29) is 12.0 Å². The summed E-state index contributed by atoms with van der Waals surface area (Å²) in [6, 6.07) is 13.5. The van der Waals surface area contributed by atoms with Gasteiger partial charge in [-0.05, 0) is 49.8 Å². The summed E-state index contributed by atoms with van der Waals surface area (Å²) in [7, 11) is 3.62. The van der Waals surface area contributed by atoms with E-state index < -0.39 is 0 Å². The lowest BCUT2D eigenvalue weighted by Crippen LogP contribution is -2.24. The summed E-state index contributed by atoms with van der Waals surface area (Å²) in [5, 5.41) is 2.91. The third-order valence-electron chi connectivity index (χ3n) is 4.49. The Morgan fingerprint density at radius 3 is 2.79 bits per heavy atom. The van der Waals surface area contributed by atoms with Crippen LogP contribution in [0, 0.1) is 0 Å². The zero-order valence-electron chi connectivity index (χ0n) is 17.3. The second-order valence-corrected chi connectivity index (χ2v) is 7.06. The lowest BCUT2D eigenvalue weighted by atomic mass is 10.2. The maximum absolute atomic E-state index is 12.1. The van der Waals surface area contributed by atoms with Crippen LogP contribution in [-0.4, -0.2) is 35.2 Å². The number of nitrogens with zero attached hydrogens (tertiary/aromatic N) is 2. The van der Waals surface area contributed by atoms with Gasteiger partial charge < -0.3 is 19.4 Å².